The van der Waals surface area contributed by atoms with Gasteiger partial charge in [-0.25, -0.2) is 4.79 Å². The van der Waals surface area contributed by atoms with E-state index in [-0.39, 0.29) is 12.2 Å². The summed E-state index contributed by atoms with van der Waals surface area (Å²) in [5.41, 5.74) is 1.39. The van der Waals surface area contributed by atoms with E-state index in [1.54, 1.807) is 12.1 Å². The monoisotopic (exact) mass is 234 g/mol. The molecule has 0 aliphatic carbocycles. The number of Topliss-reactive ketones (excluding diaryl/α,β-unsaturated/α-hetero) is 1. The Kier molecular flexibility index (Phi) is 2.78. The van der Waals surface area contributed by atoms with Crippen LogP contribution in [0.1, 0.15) is 13.3 Å². The van der Waals surface area contributed by atoms with Crippen molar-refractivity contribution < 1.29 is 14.0 Å². The summed E-state index contributed by atoms with van der Waals surface area (Å²) in [6.07, 6.45) is -0.172. The Morgan fingerprint density at radius 2 is 2.18 bits per heavy atom. The Balaban J connectivity index is 2.21. The molecule has 0 radical (unpaired) electrons. The molecule has 1 amide bonds. The van der Waals surface area contributed by atoms with Gasteiger partial charge in [0.05, 0.1) is 11.9 Å². The van der Waals surface area contributed by atoms with Gasteiger partial charge in [-0.3, -0.25) is 14.6 Å². The van der Waals surface area contributed by atoms with Crippen molar-refractivity contribution in [2.24, 2.45) is 0 Å². The first-order valence-corrected chi connectivity index (χ1v) is 4.97. The van der Waals surface area contributed by atoms with E-state index in [1.165, 1.54) is 13.0 Å². The second-order valence-electron chi connectivity index (χ2n) is 3.65. The lowest BCUT2D eigenvalue weighted by molar-refractivity contribution is -0.124. The lowest BCUT2D eigenvalue weighted by Gasteiger charge is -2.02. The van der Waals surface area contributed by atoms with Gasteiger partial charge < -0.3 is 9.73 Å². The predicted molar refractivity (Wildman–Crippen MR) is 60.8 cm³/mol. The molecule has 17 heavy (non-hydrogen) atoms. The zero-order valence-corrected chi connectivity index (χ0v) is 9.07. The number of fused-ring (bicyclic) bond motifs is 1. The molecule has 0 bridgehead atoms. The van der Waals surface area contributed by atoms with Gasteiger partial charge in [0.15, 0.2) is 5.58 Å². The number of hydrogen-bond donors (Lipinski definition) is 2. The molecular formula is C11H10N2O4. The number of nitrogens with one attached hydrogen (secondary N) is 2. The second-order valence-corrected chi connectivity index (χ2v) is 3.65. The molecule has 88 valence electrons. The second kappa shape index (κ2) is 4.25. The summed E-state index contributed by atoms with van der Waals surface area (Å²) in [5, 5.41) is 2.54. The lowest BCUT2D eigenvalue weighted by atomic mass is 10.2. The van der Waals surface area contributed by atoms with Crippen molar-refractivity contribution in [3.05, 3.63) is 28.7 Å². The zero-order valence-electron chi connectivity index (χ0n) is 9.07. The quantitative estimate of drug-likeness (QED) is 0.776. The van der Waals surface area contributed by atoms with Crippen molar-refractivity contribution >= 4 is 28.5 Å². The number of carbonyl (C=O) groups excluding carboxylic acids is 2. The maximum atomic E-state index is 11.3. The average Bonchev–Trinajstić information content (AvgIpc) is 2.55. The zero-order chi connectivity index (χ0) is 12.4. The highest BCUT2D eigenvalue weighted by molar-refractivity contribution is 6.04. The van der Waals surface area contributed by atoms with Gasteiger partial charge in [0.1, 0.15) is 5.78 Å². The van der Waals surface area contributed by atoms with E-state index in [2.05, 4.69) is 10.3 Å². The molecule has 0 unspecified atom stereocenters. The number of ketones is 1. The number of hydrogen-bond acceptors (Lipinski definition) is 4. The van der Waals surface area contributed by atoms with Crippen LogP contribution in [0.4, 0.5) is 5.69 Å². The van der Waals surface area contributed by atoms with E-state index in [0.717, 1.165) is 0 Å². The fourth-order valence-corrected chi connectivity index (χ4v) is 1.45. The fraction of sp³-hybridized carbons (Fsp3) is 0.182. The first-order chi connectivity index (χ1) is 8.04. The number of benzene rings is 1. The van der Waals surface area contributed by atoms with Crippen molar-refractivity contribution in [1.29, 1.82) is 0 Å². The minimum absolute atomic E-state index is 0.172. The Morgan fingerprint density at radius 3 is 2.88 bits per heavy atom. The molecule has 2 rings (SSSR count). The smallest absolute Gasteiger partial charge is 0.408 e. The molecule has 0 spiro atoms. The Hall–Kier alpha value is -2.37. The van der Waals surface area contributed by atoms with Crippen LogP contribution in [0.5, 0.6) is 0 Å². The van der Waals surface area contributed by atoms with Crippen LogP contribution in [0.3, 0.4) is 0 Å². The van der Waals surface area contributed by atoms with E-state index >= 15 is 0 Å². The molecule has 1 aromatic carbocycles. The minimum atomic E-state index is -0.549. The fourth-order valence-electron chi connectivity index (χ4n) is 1.45. The number of H-pyrrole nitrogens is 1. The van der Waals surface area contributed by atoms with Crippen molar-refractivity contribution in [2.45, 2.75) is 13.3 Å². The van der Waals surface area contributed by atoms with E-state index < -0.39 is 11.7 Å². The summed E-state index contributed by atoms with van der Waals surface area (Å²) < 4.78 is 4.84. The highest BCUT2D eigenvalue weighted by Crippen LogP contribution is 2.16. The van der Waals surface area contributed by atoms with Crippen LogP contribution in [0.15, 0.2) is 27.4 Å². The van der Waals surface area contributed by atoms with E-state index in [0.29, 0.717) is 16.8 Å². The number of rotatable bonds is 3. The third-order valence-electron chi connectivity index (χ3n) is 2.11. The van der Waals surface area contributed by atoms with Gasteiger partial charge in [-0.05, 0) is 19.1 Å². The Morgan fingerprint density at radius 1 is 1.41 bits per heavy atom. The van der Waals surface area contributed by atoms with E-state index in [4.69, 9.17) is 4.42 Å². The lowest BCUT2D eigenvalue weighted by Crippen LogP contribution is -2.14. The molecule has 0 aliphatic rings. The predicted octanol–water partition coefficient (Wildman–Crippen LogP) is 1.04. The maximum Gasteiger partial charge on any atom is 0.417 e. The van der Waals surface area contributed by atoms with Crippen LogP contribution < -0.4 is 11.1 Å². The van der Waals surface area contributed by atoms with E-state index in [9.17, 15) is 14.4 Å². The van der Waals surface area contributed by atoms with Crippen molar-refractivity contribution in [3.8, 4) is 0 Å². The first-order valence-electron chi connectivity index (χ1n) is 4.97. The highest BCUT2D eigenvalue weighted by atomic mass is 16.4. The number of anilines is 1. The molecule has 1 heterocycles. The molecule has 2 N–H and O–H groups in total. The number of carbonyl (C=O) groups is 2. The summed E-state index contributed by atoms with van der Waals surface area (Å²) in [7, 11) is 0. The highest BCUT2D eigenvalue weighted by Gasteiger charge is 2.07. The molecule has 1 aromatic heterocycles. The molecule has 0 atom stereocenters. The maximum absolute atomic E-state index is 11.3. The van der Waals surface area contributed by atoms with E-state index in [1.807, 2.05) is 0 Å². The number of aromatic amines is 1. The number of aromatic nitrogens is 1. The van der Waals surface area contributed by atoms with Crippen LogP contribution in [-0.4, -0.2) is 16.7 Å². The molecular weight excluding hydrogens is 224 g/mol. The third-order valence-corrected chi connectivity index (χ3v) is 2.11. The standard InChI is InChI=1S/C11H10N2O4/c1-6(14)4-10(15)12-7-2-3-8-9(5-7)17-11(16)13-8/h2-3,5H,4H2,1H3,(H,12,15)(H,13,16). The van der Waals surface area contributed by atoms with Crippen molar-refractivity contribution in [2.75, 3.05) is 5.32 Å². The van der Waals surface area contributed by atoms with Crippen LogP contribution >= 0.6 is 0 Å². The molecule has 2 aromatic rings. The summed E-state index contributed by atoms with van der Waals surface area (Å²) >= 11 is 0. The van der Waals surface area contributed by atoms with Gasteiger partial charge in [-0.15, -0.1) is 0 Å². The summed E-state index contributed by atoms with van der Waals surface area (Å²) in [5.74, 6) is -1.15. The summed E-state index contributed by atoms with van der Waals surface area (Å²) in [6.45, 7) is 1.34. The van der Waals surface area contributed by atoms with Crippen molar-refractivity contribution in [3.63, 3.8) is 0 Å². The van der Waals surface area contributed by atoms with Gasteiger partial charge in [-0.1, -0.05) is 0 Å². The number of amides is 1. The summed E-state index contributed by atoms with van der Waals surface area (Å²) in [4.78, 5) is 35.5. The van der Waals surface area contributed by atoms with Gasteiger partial charge in [0.25, 0.3) is 0 Å². The minimum Gasteiger partial charge on any atom is -0.408 e. The topological polar surface area (TPSA) is 92.2 Å². The molecule has 0 aliphatic heterocycles. The summed E-state index contributed by atoms with van der Waals surface area (Å²) in [6, 6.07) is 4.75. The van der Waals surface area contributed by atoms with Gasteiger partial charge in [0, 0.05) is 11.8 Å². The van der Waals surface area contributed by atoms with Crippen LogP contribution in [0.2, 0.25) is 0 Å². The van der Waals surface area contributed by atoms with Gasteiger partial charge in [-0.2, -0.15) is 0 Å². The normalized spacial score (nSPS) is 10.4. The molecule has 0 saturated heterocycles. The molecule has 0 saturated carbocycles. The first kappa shape index (κ1) is 11.1. The van der Waals surface area contributed by atoms with Crippen LogP contribution in [0.25, 0.3) is 11.1 Å². The van der Waals surface area contributed by atoms with Gasteiger partial charge in [0.2, 0.25) is 5.91 Å². The van der Waals surface area contributed by atoms with Gasteiger partial charge >= 0.3 is 5.76 Å². The molecule has 0 fully saturated rings. The largest absolute Gasteiger partial charge is 0.417 e. The SMILES string of the molecule is CC(=O)CC(=O)Nc1ccc2[nH]c(=O)oc2c1. The Bertz CT molecular complexity index is 638. The number of oxazole rings is 1. The molecule has 6 nitrogen and oxygen atoms in total. The average molecular weight is 234 g/mol. The molecule has 6 heteroatoms. The van der Waals surface area contributed by atoms with Crippen LogP contribution in [0, 0.1) is 0 Å². The Labute approximate surface area is 95.6 Å². The van der Waals surface area contributed by atoms with Crippen LogP contribution in [-0.2, 0) is 9.59 Å². The van der Waals surface area contributed by atoms with Crippen molar-refractivity contribution in [1.82, 2.24) is 4.98 Å². The third kappa shape index (κ3) is 2.60.